The van der Waals surface area contributed by atoms with Crippen molar-refractivity contribution in [2.24, 2.45) is 0 Å². The molecule has 0 amide bonds. The van der Waals surface area contributed by atoms with E-state index in [-0.39, 0.29) is 5.78 Å². The molecule has 0 aliphatic rings. The Labute approximate surface area is 95.5 Å². The van der Waals surface area contributed by atoms with Crippen LogP contribution < -0.4 is 0 Å². The van der Waals surface area contributed by atoms with E-state index in [9.17, 15) is 4.79 Å². The van der Waals surface area contributed by atoms with Crippen molar-refractivity contribution in [2.45, 2.75) is 20.4 Å². The molecule has 0 spiro atoms. The quantitative estimate of drug-likeness (QED) is 0.718. The second-order valence-corrected chi connectivity index (χ2v) is 3.87. The summed E-state index contributed by atoms with van der Waals surface area (Å²) in [4.78, 5) is 12.2. The number of aryl methyl sites for hydroxylation is 2. The lowest BCUT2D eigenvalue weighted by Crippen LogP contribution is -2.08. The molecule has 1 heterocycles. The zero-order chi connectivity index (χ0) is 11.5. The molecule has 0 saturated heterocycles. The van der Waals surface area contributed by atoms with Gasteiger partial charge in [-0.3, -0.25) is 4.79 Å². The zero-order valence-electron chi connectivity index (χ0n) is 9.60. The maximum atomic E-state index is 12.2. The first-order valence-electron chi connectivity index (χ1n) is 5.49. The minimum atomic E-state index is 0.0897. The monoisotopic (exact) mass is 213 g/mol. The molecule has 82 valence electrons. The van der Waals surface area contributed by atoms with Gasteiger partial charge in [-0.1, -0.05) is 29.8 Å². The summed E-state index contributed by atoms with van der Waals surface area (Å²) in [5.74, 6) is 0.0897. The molecule has 2 rings (SSSR count). The summed E-state index contributed by atoms with van der Waals surface area (Å²) in [6, 6.07) is 11.5. The Morgan fingerprint density at radius 3 is 2.50 bits per heavy atom. The number of hydrogen-bond donors (Lipinski definition) is 0. The molecule has 0 saturated carbocycles. The second kappa shape index (κ2) is 4.35. The molecule has 1 aromatic heterocycles. The Morgan fingerprint density at radius 1 is 1.19 bits per heavy atom. The number of ketones is 1. The van der Waals surface area contributed by atoms with Crippen LogP contribution in [0.1, 0.15) is 28.5 Å². The van der Waals surface area contributed by atoms with Crippen LogP contribution in [0.4, 0.5) is 0 Å². The molecule has 0 atom stereocenters. The van der Waals surface area contributed by atoms with Crippen LogP contribution >= 0.6 is 0 Å². The lowest BCUT2D eigenvalue weighted by Gasteiger charge is -2.05. The smallest absolute Gasteiger partial charge is 0.209 e. The topological polar surface area (TPSA) is 22.0 Å². The van der Waals surface area contributed by atoms with Crippen molar-refractivity contribution in [2.75, 3.05) is 0 Å². The third-order valence-corrected chi connectivity index (χ3v) is 2.72. The standard InChI is InChI=1S/C14H15NO/c1-3-15-10-4-5-13(15)14(16)12-8-6-11(2)7-9-12/h4-10H,3H2,1-2H3. The molecule has 0 aliphatic carbocycles. The number of nitrogens with zero attached hydrogens (tertiary/aromatic N) is 1. The van der Waals surface area contributed by atoms with Gasteiger partial charge in [-0.05, 0) is 26.0 Å². The second-order valence-electron chi connectivity index (χ2n) is 3.87. The number of hydrogen-bond acceptors (Lipinski definition) is 1. The van der Waals surface area contributed by atoms with Crippen LogP contribution in [-0.4, -0.2) is 10.4 Å². The number of aromatic nitrogens is 1. The van der Waals surface area contributed by atoms with Crippen molar-refractivity contribution < 1.29 is 4.79 Å². The van der Waals surface area contributed by atoms with Gasteiger partial charge in [-0.25, -0.2) is 0 Å². The number of benzene rings is 1. The lowest BCUT2D eigenvalue weighted by molar-refractivity contribution is 0.103. The van der Waals surface area contributed by atoms with Gasteiger partial charge in [0.15, 0.2) is 0 Å². The Balaban J connectivity index is 2.35. The summed E-state index contributed by atoms with van der Waals surface area (Å²) in [7, 11) is 0. The van der Waals surface area contributed by atoms with Gasteiger partial charge in [0.2, 0.25) is 5.78 Å². The van der Waals surface area contributed by atoms with Gasteiger partial charge in [0.05, 0.1) is 5.69 Å². The summed E-state index contributed by atoms with van der Waals surface area (Å²) in [5, 5.41) is 0. The van der Waals surface area contributed by atoms with E-state index < -0.39 is 0 Å². The van der Waals surface area contributed by atoms with Crippen LogP contribution in [-0.2, 0) is 6.54 Å². The fourth-order valence-electron chi connectivity index (χ4n) is 1.75. The van der Waals surface area contributed by atoms with Gasteiger partial charge in [-0.2, -0.15) is 0 Å². The van der Waals surface area contributed by atoms with E-state index in [4.69, 9.17) is 0 Å². The van der Waals surface area contributed by atoms with Crippen LogP contribution in [0, 0.1) is 6.92 Å². The molecule has 0 fully saturated rings. The predicted molar refractivity (Wildman–Crippen MR) is 64.7 cm³/mol. The van der Waals surface area contributed by atoms with Crippen molar-refractivity contribution in [1.29, 1.82) is 0 Å². The normalized spacial score (nSPS) is 10.4. The fraction of sp³-hybridized carbons (Fsp3) is 0.214. The van der Waals surface area contributed by atoms with E-state index in [0.29, 0.717) is 0 Å². The maximum Gasteiger partial charge on any atom is 0.209 e. The molecule has 0 radical (unpaired) electrons. The third kappa shape index (κ3) is 1.91. The molecule has 1 aromatic carbocycles. The van der Waals surface area contributed by atoms with E-state index in [0.717, 1.165) is 17.8 Å². The third-order valence-electron chi connectivity index (χ3n) is 2.72. The van der Waals surface area contributed by atoms with Gasteiger partial charge in [-0.15, -0.1) is 0 Å². The van der Waals surface area contributed by atoms with Crippen molar-refractivity contribution in [3.63, 3.8) is 0 Å². The summed E-state index contributed by atoms with van der Waals surface area (Å²) < 4.78 is 1.96. The van der Waals surface area contributed by atoms with E-state index in [1.807, 2.05) is 61.0 Å². The number of rotatable bonds is 3. The van der Waals surface area contributed by atoms with E-state index in [1.165, 1.54) is 5.56 Å². The molecule has 0 N–H and O–H groups in total. The average Bonchev–Trinajstić information content (AvgIpc) is 2.77. The highest BCUT2D eigenvalue weighted by Crippen LogP contribution is 2.11. The molecule has 2 heteroatoms. The molecule has 0 bridgehead atoms. The molecule has 0 aliphatic heterocycles. The first-order valence-corrected chi connectivity index (χ1v) is 5.49. The predicted octanol–water partition coefficient (Wildman–Crippen LogP) is 3.05. The van der Waals surface area contributed by atoms with Gasteiger partial charge in [0.25, 0.3) is 0 Å². The van der Waals surface area contributed by atoms with Gasteiger partial charge < -0.3 is 4.57 Å². The SMILES string of the molecule is CCn1cccc1C(=O)c1ccc(C)cc1. The Bertz CT molecular complexity index is 494. The van der Waals surface area contributed by atoms with Crippen molar-refractivity contribution in [3.05, 3.63) is 59.4 Å². The molecule has 2 nitrogen and oxygen atoms in total. The molecule has 16 heavy (non-hydrogen) atoms. The largest absolute Gasteiger partial charge is 0.345 e. The average molecular weight is 213 g/mol. The van der Waals surface area contributed by atoms with Crippen LogP contribution in [0.3, 0.4) is 0 Å². The minimum absolute atomic E-state index is 0.0897. The van der Waals surface area contributed by atoms with Gasteiger partial charge in [0.1, 0.15) is 0 Å². The summed E-state index contributed by atoms with van der Waals surface area (Å²) in [6.45, 7) is 4.87. The number of carbonyl (C=O) groups excluding carboxylic acids is 1. The molecule has 0 unspecified atom stereocenters. The van der Waals surface area contributed by atoms with Crippen molar-refractivity contribution >= 4 is 5.78 Å². The number of carbonyl (C=O) groups is 1. The van der Waals surface area contributed by atoms with E-state index in [1.54, 1.807) is 0 Å². The zero-order valence-corrected chi connectivity index (χ0v) is 9.60. The highest BCUT2D eigenvalue weighted by atomic mass is 16.1. The summed E-state index contributed by atoms with van der Waals surface area (Å²) in [6.07, 6.45) is 1.93. The molecular formula is C14H15NO. The lowest BCUT2D eigenvalue weighted by atomic mass is 10.1. The summed E-state index contributed by atoms with van der Waals surface area (Å²) >= 11 is 0. The van der Waals surface area contributed by atoms with Crippen LogP contribution in [0.2, 0.25) is 0 Å². The summed E-state index contributed by atoms with van der Waals surface area (Å²) in [5.41, 5.74) is 2.67. The van der Waals surface area contributed by atoms with Gasteiger partial charge >= 0.3 is 0 Å². The minimum Gasteiger partial charge on any atom is -0.345 e. The van der Waals surface area contributed by atoms with E-state index in [2.05, 4.69) is 0 Å². The Hall–Kier alpha value is -1.83. The maximum absolute atomic E-state index is 12.2. The Morgan fingerprint density at radius 2 is 1.88 bits per heavy atom. The fourth-order valence-corrected chi connectivity index (χ4v) is 1.75. The van der Waals surface area contributed by atoms with Crippen LogP contribution in [0.5, 0.6) is 0 Å². The van der Waals surface area contributed by atoms with E-state index >= 15 is 0 Å². The van der Waals surface area contributed by atoms with Gasteiger partial charge in [0, 0.05) is 18.3 Å². The first-order chi connectivity index (χ1) is 7.72. The van der Waals surface area contributed by atoms with Crippen LogP contribution in [0.25, 0.3) is 0 Å². The highest BCUT2D eigenvalue weighted by molar-refractivity contribution is 6.08. The van der Waals surface area contributed by atoms with Crippen molar-refractivity contribution in [1.82, 2.24) is 4.57 Å². The Kier molecular flexibility index (Phi) is 2.91. The molecular weight excluding hydrogens is 198 g/mol. The highest BCUT2D eigenvalue weighted by Gasteiger charge is 2.11. The first kappa shape index (κ1) is 10.7. The molecule has 2 aromatic rings. The van der Waals surface area contributed by atoms with Crippen LogP contribution in [0.15, 0.2) is 42.6 Å². The van der Waals surface area contributed by atoms with Crippen molar-refractivity contribution in [3.8, 4) is 0 Å².